The predicted octanol–water partition coefficient (Wildman–Crippen LogP) is 1.91. The summed E-state index contributed by atoms with van der Waals surface area (Å²) in [5.41, 5.74) is 2.73. The minimum absolute atomic E-state index is 0.717. The van der Waals surface area contributed by atoms with Crippen molar-refractivity contribution in [3.05, 3.63) is 29.8 Å². The van der Waals surface area contributed by atoms with Crippen LogP contribution in [0.1, 0.15) is 12.0 Å². The maximum Gasteiger partial charge on any atom is 0.0594 e. The van der Waals surface area contributed by atoms with Gasteiger partial charge >= 0.3 is 0 Å². The fraction of sp³-hybridized carbons (Fsp3) is 0.600. The molecule has 3 nitrogen and oxygen atoms in total. The number of hydrogen-bond acceptors (Lipinski definition) is 3. The molecule has 3 rings (SSSR count). The monoisotopic (exact) mass is 246 g/mol. The van der Waals surface area contributed by atoms with E-state index < -0.39 is 0 Å². The quantitative estimate of drug-likeness (QED) is 0.793. The lowest BCUT2D eigenvalue weighted by atomic mass is 10.2. The number of ether oxygens (including phenoxy) is 1. The van der Waals surface area contributed by atoms with E-state index in [1.54, 1.807) is 0 Å². The van der Waals surface area contributed by atoms with Gasteiger partial charge in [-0.2, -0.15) is 0 Å². The van der Waals surface area contributed by atoms with Crippen LogP contribution in [0.4, 0.5) is 5.69 Å². The molecule has 0 bridgehead atoms. The highest BCUT2D eigenvalue weighted by molar-refractivity contribution is 5.49. The van der Waals surface area contributed by atoms with Gasteiger partial charge in [0.25, 0.3) is 0 Å². The predicted molar refractivity (Wildman–Crippen MR) is 74.2 cm³/mol. The molecule has 2 aliphatic heterocycles. The number of nitrogens with zero attached hydrogens (tertiary/aromatic N) is 2. The van der Waals surface area contributed by atoms with Crippen LogP contribution in [-0.4, -0.2) is 50.3 Å². The van der Waals surface area contributed by atoms with Gasteiger partial charge in [-0.05, 0) is 31.0 Å². The van der Waals surface area contributed by atoms with Gasteiger partial charge in [-0.15, -0.1) is 0 Å². The number of benzene rings is 1. The fourth-order valence-electron chi connectivity index (χ4n) is 3.04. The third kappa shape index (κ3) is 2.52. The Labute approximate surface area is 109 Å². The van der Waals surface area contributed by atoms with Crippen LogP contribution < -0.4 is 4.90 Å². The summed E-state index contributed by atoms with van der Waals surface area (Å²) in [7, 11) is 0. The maximum atomic E-state index is 5.43. The van der Waals surface area contributed by atoms with Crippen LogP contribution in [0.25, 0.3) is 0 Å². The second kappa shape index (κ2) is 5.29. The van der Waals surface area contributed by atoms with Crippen LogP contribution in [0.3, 0.4) is 0 Å². The molecule has 3 heteroatoms. The summed E-state index contributed by atoms with van der Waals surface area (Å²) in [6.07, 6.45) is 1.29. The van der Waals surface area contributed by atoms with E-state index in [0.29, 0.717) is 0 Å². The summed E-state index contributed by atoms with van der Waals surface area (Å²) in [6.45, 7) is 8.54. The Hall–Kier alpha value is -1.06. The lowest BCUT2D eigenvalue weighted by Gasteiger charge is -2.32. The molecule has 0 amide bonds. The molecule has 0 aromatic heterocycles. The highest BCUT2D eigenvalue weighted by atomic mass is 16.5. The minimum atomic E-state index is 0.717. The number of aryl methyl sites for hydroxylation is 1. The zero-order valence-corrected chi connectivity index (χ0v) is 11.1. The zero-order chi connectivity index (χ0) is 12.4. The van der Waals surface area contributed by atoms with E-state index in [9.17, 15) is 0 Å². The molecule has 0 aliphatic carbocycles. The van der Waals surface area contributed by atoms with Crippen LogP contribution in [0.15, 0.2) is 24.3 Å². The van der Waals surface area contributed by atoms with E-state index in [2.05, 4.69) is 41.0 Å². The second-order valence-electron chi connectivity index (χ2n) is 5.38. The molecule has 0 N–H and O–H groups in total. The van der Waals surface area contributed by atoms with E-state index >= 15 is 0 Å². The van der Waals surface area contributed by atoms with E-state index in [4.69, 9.17) is 4.74 Å². The van der Waals surface area contributed by atoms with Gasteiger partial charge in [0.15, 0.2) is 0 Å². The maximum absolute atomic E-state index is 5.43. The summed E-state index contributed by atoms with van der Waals surface area (Å²) in [5, 5.41) is 0. The van der Waals surface area contributed by atoms with Gasteiger partial charge < -0.3 is 9.64 Å². The third-order valence-electron chi connectivity index (χ3n) is 4.09. The molecule has 0 saturated carbocycles. The molecule has 18 heavy (non-hydrogen) atoms. The molecule has 2 aliphatic rings. The van der Waals surface area contributed by atoms with Crippen molar-refractivity contribution in [2.24, 2.45) is 0 Å². The van der Waals surface area contributed by atoms with Gasteiger partial charge in [0.05, 0.1) is 13.2 Å². The zero-order valence-electron chi connectivity index (χ0n) is 11.1. The second-order valence-corrected chi connectivity index (χ2v) is 5.38. The first-order chi connectivity index (χ1) is 8.83. The van der Waals surface area contributed by atoms with Crippen molar-refractivity contribution in [1.29, 1.82) is 0 Å². The lowest BCUT2D eigenvalue weighted by molar-refractivity contribution is 0.0209. The number of morpholine rings is 1. The molecule has 0 radical (unpaired) electrons. The summed E-state index contributed by atoms with van der Waals surface area (Å²) in [4.78, 5) is 5.12. The first kappa shape index (κ1) is 12.0. The molecule has 1 atom stereocenters. The average Bonchev–Trinajstić information content (AvgIpc) is 2.89. The molecular weight excluding hydrogens is 224 g/mol. The molecule has 2 fully saturated rings. The summed E-state index contributed by atoms with van der Waals surface area (Å²) in [5.74, 6) is 0. The summed E-state index contributed by atoms with van der Waals surface area (Å²) < 4.78 is 5.43. The van der Waals surface area contributed by atoms with Crippen LogP contribution in [0.2, 0.25) is 0 Å². The Morgan fingerprint density at radius 2 is 2.00 bits per heavy atom. The molecule has 2 heterocycles. The van der Waals surface area contributed by atoms with Crippen molar-refractivity contribution >= 4 is 5.69 Å². The average molecular weight is 246 g/mol. The van der Waals surface area contributed by atoms with Crippen LogP contribution in [-0.2, 0) is 4.74 Å². The van der Waals surface area contributed by atoms with E-state index in [0.717, 1.165) is 32.3 Å². The summed E-state index contributed by atoms with van der Waals surface area (Å²) in [6, 6.07) is 9.57. The Kier molecular flexibility index (Phi) is 3.52. The van der Waals surface area contributed by atoms with Crippen molar-refractivity contribution in [3.8, 4) is 0 Å². The Balaban J connectivity index is 1.64. The molecule has 1 aromatic carbocycles. The number of rotatable bonds is 2. The lowest BCUT2D eigenvalue weighted by Crippen LogP contribution is -2.44. The van der Waals surface area contributed by atoms with E-state index in [1.165, 1.54) is 30.8 Å². The SMILES string of the molecule is Cc1cccc(N2CCC(N3CCOCC3)C2)c1. The standard InChI is InChI=1S/C15H22N2O/c1-13-3-2-4-14(11-13)17-6-5-15(12-17)16-7-9-18-10-8-16/h2-4,11,15H,5-10,12H2,1H3. The van der Waals surface area contributed by atoms with Crippen LogP contribution >= 0.6 is 0 Å². The Bertz CT molecular complexity index is 401. The van der Waals surface area contributed by atoms with E-state index in [1.807, 2.05) is 0 Å². The van der Waals surface area contributed by atoms with Gasteiger partial charge in [-0.3, -0.25) is 4.90 Å². The topological polar surface area (TPSA) is 15.7 Å². The summed E-state index contributed by atoms with van der Waals surface area (Å²) >= 11 is 0. The van der Waals surface area contributed by atoms with Crippen molar-refractivity contribution in [1.82, 2.24) is 4.90 Å². The van der Waals surface area contributed by atoms with Crippen molar-refractivity contribution in [2.45, 2.75) is 19.4 Å². The van der Waals surface area contributed by atoms with Crippen molar-refractivity contribution in [3.63, 3.8) is 0 Å². The van der Waals surface area contributed by atoms with Gasteiger partial charge in [0.2, 0.25) is 0 Å². The Morgan fingerprint density at radius 3 is 2.78 bits per heavy atom. The van der Waals surface area contributed by atoms with E-state index in [-0.39, 0.29) is 0 Å². The van der Waals surface area contributed by atoms with Gasteiger partial charge in [-0.1, -0.05) is 12.1 Å². The van der Waals surface area contributed by atoms with Gasteiger partial charge in [0.1, 0.15) is 0 Å². The highest BCUT2D eigenvalue weighted by Gasteiger charge is 2.28. The Morgan fingerprint density at radius 1 is 1.17 bits per heavy atom. The normalized spacial score (nSPS) is 25.6. The minimum Gasteiger partial charge on any atom is -0.379 e. The van der Waals surface area contributed by atoms with Crippen LogP contribution in [0, 0.1) is 6.92 Å². The molecule has 1 aromatic rings. The third-order valence-corrected chi connectivity index (χ3v) is 4.09. The first-order valence-electron chi connectivity index (χ1n) is 6.96. The van der Waals surface area contributed by atoms with Crippen molar-refractivity contribution in [2.75, 3.05) is 44.3 Å². The molecule has 1 unspecified atom stereocenters. The van der Waals surface area contributed by atoms with Gasteiger partial charge in [0, 0.05) is 37.9 Å². The molecule has 2 saturated heterocycles. The largest absolute Gasteiger partial charge is 0.379 e. The smallest absolute Gasteiger partial charge is 0.0594 e. The van der Waals surface area contributed by atoms with Crippen LogP contribution in [0.5, 0.6) is 0 Å². The first-order valence-corrected chi connectivity index (χ1v) is 6.96. The highest BCUT2D eigenvalue weighted by Crippen LogP contribution is 2.24. The molecule has 98 valence electrons. The molecular formula is C15H22N2O. The number of hydrogen-bond donors (Lipinski definition) is 0. The number of anilines is 1. The van der Waals surface area contributed by atoms with Gasteiger partial charge in [-0.25, -0.2) is 0 Å². The van der Waals surface area contributed by atoms with Crippen molar-refractivity contribution < 1.29 is 4.74 Å². The fourth-order valence-corrected chi connectivity index (χ4v) is 3.04. The molecule has 0 spiro atoms.